The summed E-state index contributed by atoms with van der Waals surface area (Å²) in [6, 6.07) is 3.53. The van der Waals surface area contributed by atoms with Crippen molar-refractivity contribution in [2.45, 2.75) is 6.10 Å². The molecular weight excluding hydrogens is 272 g/mol. The van der Waals surface area contributed by atoms with Crippen LogP contribution in [0.15, 0.2) is 24.5 Å². The summed E-state index contributed by atoms with van der Waals surface area (Å²) in [4.78, 5) is 14.1. The van der Waals surface area contributed by atoms with Gasteiger partial charge in [0.15, 0.2) is 0 Å². The largest absolute Gasteiger partial charge is 0.368 e. The minimum Gasteiger partial charge on any atom is -0.368 e. The lowest BCUT2D eigenvalue weighted by Crippen LogP contribution is -2.44. The Morgan fingerprint density at radius 2 is 2.05 bits per heavy atom. The van der Waals surface area contributed by atoms with Gasteiger partial charge in [-0.15, -0.1) is 0 Å². The second-order valence-corrected chi connectivity index (χ2v) is 4.96. The van der Waals surface area contributed by atoms with Crippen molar-refractivity contribution in [1.82, 2.24) is 24.5 Å². The van der Waals surface area contributed by atoms with Gasteiger partial charge in [0.25, 0.3) is 0 Å². The molecule has 3 heterocycles. The lowest BCUT2D eigenvalue weighted by atomic mass is 10.2. The smallest absolute Gasteiger partial charge is 0.323 e. The van der Waals surface area contributed by atoms with Gasteiger partial charge in [-0.05, 0) is 6.07 Å². The Kier molecular flexibility index (Phi) is 3.61. The predicted molar refractivity (Wildman–Crippen MR) is 75.7 cm³/mol. The number of hydrogen-bond acceptors (Lipinski definition) is 4. The third-order valence-electron chi connectivity index (χ3n) is 3.60. The summed E-state index contributed by atoms with van der Waals surface area (Å²) < 4.78 is 9.14. The van der Waals surface area contributed by atoms with E-state index in [1.54, 1.807) is 39.8 Å². The highest BCUT2D eigenvalue weighted by atomic mass is 16.5. The van der Waals surface area contributed by atoms with Crippen molar-refractivity contribution in [2.24, 2.45) is 14.1 Å². The average molecular weight is 290 g/mol. The molecule has 0 bridgehead atoms. The molecule has 1 aliphatic heterocycles. The van der Waals surface area contributed by atoms with Crippen molar-refractivity contribution in [1.29, 1.82) is 0 Å². The highest BCUT2D eigenvalue weighted by Crippen LogP contribution is 2.21. The fourth-order valence-electron chi connectivity index (χ4n) is 2.40. The molecule has 1 N–H and O–H groups in total. The first-order valence-electron chi connectivity index (χ1n) is 6.78. The lowest BCUT2D eigenvalue weighted by Gasteiger charge is -2.32. The van der Waals surface area contributed by atoms with Crippen LogP contribution in [0.3, 0.4) is 0 Å². The molecule has 8 nitrogen and oxygen atoms in total. The lowest BCUT2D eigenvalue weighted by molar-refractivity contribution is -0.0175. The number of amides is 2. The second kappa shape index (κ2) is 5.57. The number of morpholine rings is 1. The number of carbonyl (C=O) groups is 1. The average Bonchev–Trinajstić information content (AvgIpc) is 3.08. The fourth-order valence-corrected chi connectivity index (χ4v) is 2.40. The van der Waals surface area contributed by atoms with Gasteiger partial charge >= 0.3 is 6.03 Å². The molecule has 2 aromatic rings. The van der Waals surface area contributed by atoms with E-state index in [1.165, 1.54) is 0 Å². The topological polar surface area (TPSA) is 77.2 Å². The minimum atomic E-state index is -0.150. The Morgan fingerprint density at radius 3 is 2.71 bits per heavy atom. The molecule has 2 amide bonds. The van der Waals surface area contributed by atoms with Gasteiger partial charge in [-0.1, -0.05) is 0 Å². The van der Waals surface area contributed by atoms with Gasteiger partial charge in [-0.2, -0.15) is 10.2 Å². The van der Waals surface area contributed by atoms with Gasteiger partial charge in [0.2, 0.25) is 0 Å². The first-order valence-corrected chi connectivity index (χ1v) is 6.78. The summed E-state index contributed by atoms with van der Waals surface area (Å²) in [7, 11) is 3.65. The normalized spacial score (nSPS) is 18.8. The van der Waals surface area contributed by atoms with E-state index in [1.807, 2.05) is 13.1 Å². The molecule has 1 atom stereocenters. The van der Waals surface area contributed by atoms with Crippen LogP contribution in [0.2, 0.25) is 0 Å². The number of ether oxygens (including phenoxy) is 1. The van der Waals surface area contributed by atoms with Crippen LogP contribution < -0.4 is 5.32 Å². The second-order valence-electron chi connectivity index (χ2n) is 4.96. The number of nitrogens with one attached hydrogen (secondary N) is 1. The van der Waals surface area contributed by atoms with Gasteiger partial charge in [-0.3, -0.25) is 14.7 Å². The molecular formula is C13H18N6O2. The van der Waals surface area contributed by atoms with E-state index in [-0.39, 0.29) is 12.1 Å². The first-order chi connectivity index (χ1) is 10.1. The summed E-state index contributed by atoms with van der Waals surface area (Å²) in [5.74, 6) is 0.670. The number of hydrogen-bond donors (Lipinski definition) is 1. The highest BCUT2D eigenvalue weighted by Gasteiger charge is 2.27. The van der Waals surface area contributed by atoms with Gasteiger partial charge in [0, 0.05) is 32.9 Å². The predicted octanol–water partition coefficient (Wildman–Crippen LogP) is 0.759. The summed E-state index contributed by atoms with van der Waals surface area (Å²) in [6.45, 7) is 1.58. The van der Waals surface area contributed by atoms with Crippen LogP contribution in [-0.4, -0.2) is 50.2 Å². The van der Waals surface area contributed by atoms with Crippen molar-refractivity contribution in [3.8, 4) is 0 Å². The van der Waals surface area contributed by atoms with Gasteiger partial charge < -0.3 is 9.64 Å². The summed E-state index contributed by atoms with van der Waals surface area (Å²) >= 11 is 0. The van der Waals surface area contributed by atoms with Crippen molar-refractivity contribution in [3.05, 3.63) is 30.2 Å². The maximum absolute atomic E-state index is 12.3. The third kappa shape index (κ3) is 2.75. The Bertz CT molecular complexity index is 634. The molecule has 3 rings (SSSR count). The Labute approximate surface area is 122 Å². The number of nitrogens with zero attached hydrogens (tertiary/aromatic N) is 5. The SMILES string of the molecule is Cn1nccc1NC(=O)N1CCOC(c2ccnn2C)C1. The Balaban J connectivity index is 1.67. The number of anilines is 1. The summed E-state index contributed by atoms with van der Waals surface area (Å²) in [5, 5.41) is 11.0. The van der Waals surface area contributed by atoms with E-state index in [4.69, 9.17) is 4.74 Å². The molecule has 8 heteroatoms. The molecule has 1 fully saturated rings. The van der Waals surface area contributed by atoms with Crippen LogP contribution in [0.1, 0.15) is 11.8 Å². The van der Waals surface area contributed by atoms with E-state index >= 15 is 0 Å². The Hall–Kier alpha value is -2.35. The monoisotopic (exact) mass is 290 g/mol. The quantitative estimate of drug-likeness (QED) is 0.886. The number of carbonyl (C=O) groups excluding carboxylic acids is 1. The van der Waals surface area contributed by atoms with Crippen LogP contribution in [0.5, 0.6) is 0 Å². The molecule has 0 aromatic carbocycles. The van der Waals surface area contributed by atoms with Gasteiger partial charge in [-0.25, -0.2) is 4.79 Å². The van der Waals surface area contributed by atoms with Gasteiger partial charge in [0.05, 0.1) is 25.0 Å². The summed E-state index contributed by atoms with van der Waals surface area (Å²) in [6.07, 6.45) is 3.23. The molecule has 112 valence electrons. The van der Waals surface area contributed by atoms with Crippen molar-refractivity contribution < 1.29 is 9.53 Å². The molecule has 0 spiro atoms. The zero-order valence-electron chi connectivity index (χ0n) is 12.1. The standard InChI is InChI=1S/C13H18N6O2/c1-17-10(3-5-14-17)11-9-19(7-8-21-11)13(20)16-12-4-6-15-18(12)2/h3-6,11H,7-9H2,1-2H3,(H,16,20). The number of aromatic nitrogens is 4. The maximum atomic E-state index is 12.3. The molecule has 2 aromatic heterocycles. The van der Waals surface area contributed by atoms with E-state index in [9.17, 15) is 4.79 Å². The Morgan fingerprint density at radius 1 is 1.29 bits per heavy atom. The maximum Gasteiger partial charge on any atom is 0.323 e. The highest BCUT2D eigenvalue weighted by molar-refractivity contribution is 5.88. The molecule has 1 saturated heterocycles. The first kappa shape index (κ1) is 13.6. The third-order valence-corrected chi connectivity index (χ3v) is 3.60. The zero-order valence-corrected chi connectivity index (χ0v) is 12.1. The van der Waals surface area contributed by atoms with Crippen molar-refractivity contribution >= 4 is 11.8 Å². The zero-order chi connectivity index (χ0) is 14.8. The van der Waals surface area contributed by atoms with E-state index in [0.717, 1.165) is 5.69 Å². The molecule has 0 saturated carbocycles. The molecule has 21 heavy (non-hydrogen) atoms. The van der Waals surface area contributed by atoms with Crippen molar-refractivity contribution in [2.75, 3.05) is 25.0 Å². The molecule has 0 aliphatic carbocycles. The van der Waals surface area contributed by atoms with Crippen LogP contribution in [0.25, 0.3) is 0 Å². The number of urea groups is 1. The van der Waals surface area contributed by atoms with E-state index in [0.29, 0.717) is 25.5 Å². The molecule has 1 aliphatic rings. The van der Waals surface area contributed by atoms with Crippen LogP contribution in [0, 0.1) is 0 Å². The van der Waals surface area contributed by atoms with Crippen LogP contribution in [-0.2, 0) is 18.8 Å². The number of rotatable bonds is 2. The minimum absolute atomic E-state index is 0.144. The van der Waals surface area contributed by atoms with Crippen LogP contribution in [0.4, 0.5) is 10.6 Å². The van der Waals surface area contributed by atoms with E-state index < -0.39 is 0 Å². The van der Waals surface area contributed by atoms with Crippen molar-refractivity contribution in [3.63, 3.8) is 0 Å². The fraction of sp³-hybridized carbons (Fsp3) is 0.462. The van der Waals surface area contributed by atoms with E-state index in [2.05, 4.69) is 15.5 Å². The number of aryl methyl sites for hydroxylation is 2. The van der Waals surface area contributed by atoms with Crippen LogP contribution >= 0.6 is 0 Å². The summed E-state index contributed by atoms with van der Waals surface area (Å²) in [5.41, 5.74) is 0.966. The van der Waals surface area contributed by atoms with Gasteiger partial charge in [0.1, 0.15) is 11.9 Å². The molecule has 0 radical (unpaired) electrons. The molecule has 1 unspecified atom stereocenters.